The molecule has 0 N–H and O–H groups in total. The Morgan fingerprint density at radius 2 is 1.93 bits per heavy atom. The van der Waals surface area contributed by atoms with Crippen LogP contribution in [0.3, 0.4) is 0 Å². The highest BCUT2D eigenvalue weighted by Crippen LogP contribution is 2.36. The molecule has 2 aliphatic rings. The van der Waals surface area contributed by atoms with Crippen LogP contribution in [-0.2, 0) is 28.4 Å². The van der Waals surface area contributed by atoms with Crippen LogP contribution in [0, 0.1) is 0 Å². The van der Waals surface area contributed by atoms with Gasteiger partial charge in [-0.2, -0.15) is 0 Å². The number of carbonyl (C=O) groups is 1. The van der Waals surface area contributed by atoms with E-state index in [0.717, 1.165) is 0 Å². The molecule has 2 heterocycles. The van der Waals surface area contributed by atoms with Gasteiger partial charge in [0.2, 0.25) is 4.38 Å². The number of ether oxygens (including phenoxy) is 6. The molecule has 1 aromatic carbocycles. The maximum Gasteiger partial charge on any atom is 0.338 e. The van der Waals surface area contributed by atoms with E-state index >= 15 is 0 Å². The van der Waals surface area contributed by atoms with Gasteiger partial charge in [0.1, 0.15) is 12.2 Å². The molecule has 0 spiro atoms. The second-order valence-electron chi connectivity index (χ2n) is 6.84. The fraction of sp³-hybridized carbons (Fsp3) is 0.579. The molecule has 2 aliphatic heterocycles. The summed E-state index contributed by atoms with van der Waals surface area (Å²) in [5, 5.41) is 0. The van der Waals surface area contributed by atoms with Crippen LogP contribution >= 0.6 is 24.0 Å². The van der Waals surface area contributed by atoms with Crippen molar-refractivity contribution in [1.29, 1.82) is 0 Å². The number of thiocarbonyl (C=S) groups is 1. The van der Waals surface area contributed by atoms with E-state index in [4.69, 9.17) is 40.6 Å². The summed E-state index contributed by atoms with van der Waals surface area (Å²) in [4.78, 5) is 12.7. The third-order valence-electron chi connectivity index (χ3n) is 4.49. The van der Waals surface area contributed by atoms with Gasteiger partial charge in [0.25, 0.3) is 0 Å². The summed E-state index contributed by atoms with van der Waals surface area (Å²) < 4.78 is 35.2. The molecule has 2 saturated heterocycles. The Morgan fingerprint density at radius 1 is 1.21 bits per heavy atom. The van der Waals surface area contributed by atoms with Gasteiger partial charge in [-0.1, -0.05) is 30.0 Å². The highest BCUT2D eigenvalue weighted by Gasteiger charge is 2.54. The first-order chi connectivity index (χ1) is 13.3. The van der Waals surface area contributed by atoms with Crippen molar-refractivity contribution in [2.24, 2.45) is 0 Å². The number of hydrogen-bond acceptors (Lipinski definition) is 9. The van der Waals surface area contributed by atoms with Gasteiger partial charge >= 0.3 is 5.97 Å². The number of methoxy groups -OCH3 is 1. The van der Waals surface area contributed by atoms with E-state index in [1.54, 1.807) is 38.1 Å². The molecule has 1 unspecified atom stereocenters. The fourth-order valence-electron chi connectivity index (χ4n) is 3.17. The lowest BCUT2D eigenvalue weighted by atomic mass is 9.97. The molecule has 154 valence electrons. The molecule has 5 atom stereocenters. The van der Waals surface area contributed by atoms with Gasteiger partial charge in [0, 0.05) is 7.11 Å². The topological polar surface area (TPSA) is 72.5 Å². The van der Waals surface area contributed by atoms with Crippen molar-refractivity contribution in [3.05, 3.63) is 35.9 Å². The van der Waals surface area contributed by atoms with Crippen molar-refractivity contribution < 1.29 is 33.2 Å². The smallest absolute Gasteiger partial charge is 0.338 e. The zero-order chi connectivity index (χ0) is 20.3. The van der Waals surface area contributed by atoms with Gasteiger partial charge in [-0.05, 0) is 44.5 Å². The van der Waals surface area contributed by atoms with Crippen molar-refractivity contribution in [1.82, 2.24) is 0 Å². The van der Waals surface area contributed by atoms with Gasteiger partial charge in [0.15, 0.2) is 24.3 Å². The third-order valence-corrected chi connectivity index (χ3v) is 5.52. The van der Waals surface area contributed by atoms with E-state index in [1.807, 2.05) is 12.3 Å². The highest BCUT2D eigenvalue weighted by atomic mass is 32.2. The Bertz CT molecular complexity index is 697. The number of fused-ring (bicyclic) bond motifs is 1. The second kappa shape index (κ2) is 9.06. The Hall–Kier alpha value is -1.23. The minimum absolute atomic E-state index is 0.294. The van der Waals surface area contributed by atoms with Crippen molar-refractivity contribution in [2.45, 2.75) is 50.3 Å². The number of carbonyl (C=O) groups excluding carboxylic acids is 1. The Kier molecular flexibility index (Phi) is 6.95. The van der Waals surface area contributed by atoms with E-state index in [2.05, 4.69) is 0 Å². The molecule has 2 fully saturated rings. The normalized spacial score (nSPS) is 31.5. The van der Waals surface area contributed by atoms with Gasteiger partial charge in [-0.15, -0.1) is 0 Å². The Morgan fingerprint density at radius 3 is 2.57 bits per heavy atom. The standard InChI is InChI=1S/C19H24O7S2/c1-19(2)22-10-12-13(26-19)14(25-18(27)28-4)15(17(21-3)23-12)24-16(20)11-8-6-5-7-9-11/h5-9,12-15,17H,10H2,1-4H3/t12-,13-,14+,15-,17?/m1/s1. The van der Waals surface area contributed by atoms with Crippen molar-refractivity contribution in [2.75, 3.05) is 20.0 Å². The minimum atomic E-state index is -0.877. The predicted molar refractivity (Wildman–Crippen MR) is 107 cm³/mol. The molecular weight excluding hydrogens is 404 g/mol. The van der Waals surface area contributed by atoms with Crippen LogP contribution < -0.4 is 0 Å². The van der Waals surface area contributed by atoms with Crippen molar-refractivity contribution in [3.8, 4) is 0 Å². The number of esters is 1. The summed E-state index contributed by atoms with van der Waals surface area (Å²) in [5.41, 5.74) is 0.416. The largest absolute Gasteiger partial charge is 0.468 e. The molecule has 28 heavy (non-hydrogen) atoms. The zero-order valence-electron chi connectivity index (χ0n) is 16.2. The van der Waals surface area contributed by atoms with E-state index in [-0.39, 0.29) is 0 Å². The summed E-state index contributed by atoms with van der Waals surface area (Å²) in [6, 6.07) is 8.70. The SMILES string of the molecule is COC1O[C@@H]2COC(C)(C)O[C@H]2[C@H](OC(=S)SC)[C@H]1OC(=O)c1ccccc1. The van der Waals surface area contributed by atoms with Crippen LogP contribution in [0.25, 0.3) is 0 Å². The van der Waals surface area contributed by atoms with E-state index in [0.29, 0.717) is 16.6 Å². The summed E-state index contributed by atoms with van der Waals surface area (Å²) in [5.74, 6) is -1.34. The molecular formula is C19H24O7S2. The lowest BCUT2D eigenvalue weighted by molar-refractivity contribution is -0.377. The van der Waals surface area contributed by atoms with Gasteiger partial charge in [-0.25, -0.2) is 4.79 Å². The van der Waals surface area contributed by atoms with Crippen LogP contribution in [0.15, 0.2) is 30.3 Å². The molecule has 0 radical (unpaired) electrons. The molecule has 0 amide bonds. The minimum Gasteiger partial charge on any atom is -0.468 e. The summed E-state index contributed by atoms with van der Waals surface area (Å²) >= 11 is 6.54. The summed E-state index contributed by atoms with van der Waals surface area (Å²) in [6.07, 6.45) is -1.62. The molecule has 0 saturated carbocycles. The first-order valence-corrected chi connectivity index (χ1v) is 10.5. The summed E-state index contributed by atoms with van der Waals surface area (Å²) in [6.45, 7) is 3.91. The predicted octanol–water partition coefficient (Wildman–Crippen LogP) is 2.77. The van der Waals surface area contributed by atoms with E-state index < -0.39 is 42.5 Å². The molecule has 0 aliphatic carbocycles. The Labute approximate surface area is 173 Å². The monoisotopic (exact) mass is 428 g/mol. The van der Waals surface area contributed by atoms with Crippen LogP contribution in [0.2, 0.25) is 0 Å². The average molecular weight is 429 g/mol. The molecule has 9 heteroatoms. The van der Waals surface area contributed by atoms with Crippen LogP contribution in [0.1, 0.15) is 24.2 Å². The number of rotatable bonds is 4. The van der Waals surface area contributed by atoms with Gasteiger partial charge < -0.3 is 28.4 Å². The lowest BCUT2D eigenvalue weighted by Crippen LogP contribution is -2.66. The van der Waals surface area contributed by atoms with Crippen molar-refractivity contribution >= 4 is 34.3 Å². The maximum absolute atomic E-state index is 12.7. The van der Waals surface area contributed by atoms with Crippen molar-refractivity contribution in [3.63, 3.8) is 0 Å². The zero-order valence-corrected chi connectivity index (χ0v) is 17.8. The first-order valence-electron chi connectivity index (χ1n) is 8.85. The number of thioether (sulfide) groups is 1. The van der Waals surface area contributed by atoms with E-state index in [1.165, 1.54) is 18.9 Å². The van der Waals surface area contributed by atoms with Gasteiger partial charge in [-0.3, -0.25) is 0 Å². The molecule has 1 aromatic rings. The molecule has 3 rings (SSSR count). The number of benzene rings is 1. The molecule has 0 bridgehead atoms. The van der Waals surface area contributed by atoms with Gasteiger partial charge in [0.05, 0.1) is 12.2 Å². The van der Waals surface area contributed by atoms with Crippen LogP contribution in [-0.4, -0.2) is 66.8 Å². The summed E-state index contributed by atoms with van der Waals surface area (Å²) in [7, 11) is 1.48. The van der Waals surface area contributed by atoms with Crippen LogP contribution in [0.4, 0.5) is 0 Å². The third kappa shape index (κ3) is 4.84. The maximum atomic E-state index is 12.7. The van der Waals surface area contributed by atoms with Crippen LogP contribution in [0.5, 0.6) is 0 Å². The average Bonchev–Trinajstić information content (AvgIpc) is 2.69. The second-order valence-corrected chi connectivity index (χ2v) is 8.25. The lowest BCUT2D eigenvalue weighted by Gasteiger charge is -2.50. The quantitative estimate of drug-likeness (QED) is 0.532. The first kappa shape index (κ1) is 21.5. The number of hydrogen-bond donors (Lipinski definition) is 0. The molecule has 7 nitrogen and oxygen atoms in total. The highest BCUT2D eigenvalue weighted by molar-refractivity contribution is 8.22. The van der Waals surface area contributed by atoms with E-state index in [9.17, 15) is 4.79 Å². The fourth-order valence-corrected chi connectivity index (χ4v) is 3.49. The Balaban J connectivity index is 1.88. The molecule has 0 aromatic heterocycles.